The second kappa shape index (κ2) is 5.12. The van der Waals surface area contributed by atoms with E-state index in [4.69, 9.17) is 0 Å². The Balaban J connectivity index is 2.41. The Bertz CT molecular complexity index is 587. The fourth-order valence-corrected chi connectivity index (χ4v) is 1.78. The van der Waals surface area contributed by atoms with Gasteiger partial charge in [0, 0.05) is 17.3 Å². The molecule has 0 aliphatic rings. The first-order valence-electron chi connectivity index (χ1n) is 5.91. The van der Waals surface area contributed by atoms with E-state index in [1.807, 2.05) is 0 Å². The van der Waals surface area contributed by atoms with Crippen molar-refractivity contribution in [1.29, 1.82) is 0 Å². The lowest BCUT2D eigenvalue weighted by Gasteiger charge is -2.06. The molecule has 0 fully saturated rings. The molecule has 94 valence electrons. The van der Waals surface area contributed by atoms with E-state index in [1.165, 1.54) is 18.2 Å². The van der Waals surface area contributed by atoms with Crippen LogP contribution in [0.15, 0.2) is 35.1 Å². The van der Waals surface area contributed by atoms with E-state index in [2.05, 4.69) is 23.8 Å². The van der Waals surface area contributed by atoms with Gasteiger partial charge in [0.25, 0.3) is 5.56 Å². The molecular weight excluding hydrogens is 231 g/mol. The van der Waals surface area contributed by atoms with E-state index >= 15 is 0 Å². The Morgan fingerprint density at radius 3 is 2.56 bits per heavy atom. The average molecular weight is 246 g/mol. The molecule has 18 heavy (non-hydrogen) atoms. The molecule has 1 N–H and O–H groups in total. The smallest absolute Gasteiger partial charge is 0.251 e. The van der Waals surface area contributed by atoms with Gasteiger partial charge in [-0.2, -0.15) is 0 Å². The van der Waals surface area contributed by atoms with Crippen LogP contribution in [0.1, 0.15) is 19.5 Å². The van der Waals surface area contributed by atoms with Crippen LogP contribution in [0.5, 0.6) is 0 Å². The van der Waals surface area contributed by atoms with Gasteiger partial charge in [-0.1, -0.05) is 13.8 Å². The van der Waals surface area contributed by atoms with Crippen molar-refractivity contribution in [2.24, 2.45) is 5.92 Å². The Morgan fingerprint density at radius 2 is 1.94 bits per heavy atom. The monoisotopic (exact) mass is 246 g/mol. The largest absolute Gasteiger partial charge is 0.307 e. The standard InChI is InChI=1S/C14H15FN2O/c1-9(2)7-12-8-13(18)17-14(16-12)10-3-5-11(15)6-4-10/h3-6,8-9H,7H2,1-2H3,(H,16,17,18). The van der Waals surface area contributed by atoms with Gasteiger partial charge in [-0.3, -0.25) is 4.79 Å². The molecule has 0 unspecified atom stereocenters. The number of aromatic amines is 1. The zero-order valence-corrected chi connectivity index (χ0v) is 10.4. The molecule has 0 amide bonds. The minimum atomic E-state index is -0.306. The number of benzene rings is 1. The third-order valence-electron chi connectivity index (χ3n) is 2.53. The molecule has 0 spiro atoms. The van der Waals surface area contributed by atoms with Crippen LogP contribution in [0, 0.1) is 11.7 Å². The third-order valence-corrected chi connectivity index (χ3v) is 2.53. The maximum Gasteiger partial charge on any atom is 0.251 e. The molecule has 0 saturated carbocycles. The predicted molar refractivity (Wildman–Crippen MR) is 68.8 cm³/mol. The SMILES string of the molecule is CC(C)Cc1cc(=O)[nH]c(-c2ccc(F)cc2)n1. The summed E-state index contributed by atoms with van der Waals surface area (Å²) in [6.45, 7) is 4.14. The Morgan fingerprint density at radius 1 is 1.28 bits per heavy atom. The number of hydrogen-bond acceptors (Lipinski definition) is 2. The summed E-state index contributed by atoms with van der Waals surface area (Å²) in [4.78, 5) is 18.6. The van der Waals surface area contributed by atoms with Crippen LogP contribution in [-0.2, 0) is 6.42 Å². The summed E-state index contributed by atoms with van der Waals surface area (Å²) in [7, 11) is 0. The molecule has 2 aromatic rings. The number of H-pyrrole nitrogens is 1. The lowest BCUT2D eigenvalue weighted by Crippen LogP contribution is -2.11. The Labute approximate surface area is 105 Å². The van der Waals surface area contributed by atoms with Crippen LogP contribution < -0.4 is 5.56 Å². The van der Waals surface area contributed by atoms with E-state index in [0.29, 0.717) is 17.3 Å². The third kappa shape index (κ3) is 3.03. The minimum Gasteiger partial charge on any atom is -0.307 e. The van der Waals surface area contributed by atoms with Gasteiger partial charge in [-0.05, 0) is 36.6 Å². The number of nitrogens with zero attached hydrogens (tertiary/aromatic N) is 1. The summed E-state index contributed by atoms with van der Waals surface area (Å²) in [6.07, 6.45) is 0.748. The lowest BCUT2D eigenvalue weighted by atomic mass is 10.1. The van der Waals surface area contributed by atoms with E-state index in [1.54, 1.807) is 12.1 Å². The van der Waals surface area contributed by atoms with Crippen LogP contribution in [-0.4, -0.2) is 9.97 Å². The molecule has 0 aliphatic heterocycles. The van der Waals surface area contributed by atoms with Crippen LogP contribution in [0.3, 0.4) is 0 Å². The van der Waals surface area contributed by atoms with Gasteiger partial charge < -0.3 is 4.98 Å². The number of nitrogens with one attached hydrogen (secondary N) is 1. The van der Waals surface area contributed by atoms with Gasteiger partial charge in [0.2, 0.25) is 0 Å². The van der Waals surface area contributed by atoms with Crippen molar-refractivity contribution < 1.29 is 4.39 Å². The first-order chi connectivity index (χ1) is 8.54. The molecule has 0 atom stereocenters. The molecule has 3 nitrogen and oxygen atoms in total. The molecule has 1 heterocycles. The highest BCUT2D eigenvalue weighted by molar-refractivity contribution is 5.54. The molecule has 0 aliphatic carbocycles. The van der Waals surface area contributed by atoms with Gasteiger partial charge in [0.15, 0.2) is 0 Å². The first kappa shape index (κ1) is 12.5. The Hall–Kier alpha value is -1.97. The summed E-state index contributed by atoms with van der Waals surface area (Å²) in [5, 5.41) is 0. The van der Waals surface area contributed by atoms with Gasteiger partial charge in [-0.25, -0.2) is 9.37 Å². The molecule has 0 saturated heterocycles. The molecule has 1 aromatic heterocycles. The van der Waals surface area contributed by atoms with Crippen LogP contribution in [0.25, 0.3) is 11.4 Å². The van der Waals surface area contributed by atoms with E-state index in [0.717, 1.165) is 12.1 Å². The van der Waals surface area contributed by atoms with Crippen molar-refractivity contribution >= 4 is 0 Å². The fourth-order valence-electron chi connectivity index (χ4n) is 1.78. The maximum atomic E-state index is 12.8. The Kier molecular flexibility index (Phi) is 3.55. The lowest BCUT2D eigenvalue weighted by molar-refractivity contribution is 0.628. The molecule has 0 radical (unpaired) electrons. The number of hydrogen-bond donors (Lipinski definition) is 1. The van der Waals surface area contributed by atoms with Gasteiger partial charge in [-0.15, -0.1) is 0 Å². The van der Waals surface area contributed by atoms with Crippen molar-refractivity contribution in [1.82, 2.24) is 9.97 Å². The van der Waals surface area contributed by atoms with E-state index in [9.17, 15) is 9.18 Å². The van der Waals surface area contributed by atoms with E-state index in [-0.39, 0.29) is 11.4 Å². The fraction of sp³-hybridized carbons (Fsp3) is 0.286. The second-order valence-corrected chi connectivity index (χ2v) is 4.69. The average Bonchev–Trinajstić information content (AvgIpc) is 2.28. The number of aromatic nitrogens is 2. The summed E-state index contributed by atoms with van der Waals surface area (Å²) in [5.41, 5.74) is 1.28. The molecule has 4 heteroatoms. The topological polar surface area (TPSA) is 45.8 Å². The zero-order valence-electron chi connectivity index (χ0n) is 10.4. The van der Waals surface area contributed by atoms with Gasteiger partial charge >= 0.3 is 0 Å². The van der Waals surface area contributed by atoms with Crippen LogP contribution >= 0.6 is 0 Å². The van der Waals surface area contributed by atoms with Crippen molar-refractivity contribution in [3.05, 3.63) is 52.2 Å². The molecule has 1 aromatic carbocycles. The minimum absolute atomic E-state index is 0.181. The predicted octanol–water partition coefficient (Wildman–Crippen LogP) is 2.77. The van der Waals surface area contributed by atoms with Gasteiger partial charge in [0.05, 0.1) is 0 Å². The summed E-state index contributed by atoms with van der Waals surface area (Å²) in [5.74, 6) is 0.609. The summed E-state index contributed by atoms with van der Waals surface area (Å²) < 4.78 is 12.8. The van der Waals surface area contributed by atoms with Crippen molar-refractivity contribution in [2.45, 2.75) is 20.3 Å². The highest BCUT2D eigenvalue weighted by atomic mass is 19.1. The normalized spacial score (nSPS) is 10.9. The highest BCUT2D eigenvalue weighted by Gasteiger charge is 2.06. The van der Waals surface area contributed by atoms with Crippen molar-refractivity contribution in [2.75, 3.05) is 0 Å². The van der Waals surface area contributed by atoms with E-state index < -0.39 is 0 Å². The first-order valence-corrected chi connectivity index (χ1v) is 5.91. The van der Waals surface area contributed by atoms with Gasteiger partial charge in [0.1, 0.15) is 11.6 Å². The van der Waals surface area contributed by atoms with Crippen LogP contribution in [0.4, 0.5) is 4.39 Å². The van der Waals surface area contributed by atoms with Crippen molar-refractivity contribution in [3.63, 3.8) is 0 Å². The highest BCUT2D eigenvalue weighted by Crippen LogP contribution is 2.15. The quantitative estimate of drug-likeness (QED) is 0.905. The molecule has 2 rings (SSSR count). The summed E-state index contributed by atoms with van der Waals surface area (Å²) >= 11 is 0. The second-order valence-electron chi connectivity index (χ2n) is 4.69. The number of rotatable bonds is 3. The summed E-state index contributed by atoms with van der Waals surface area (Å²) in [6, 6.07) is 7.42. The maximum absolute atomic E-state index is 12.8. The molecule has 0 bridgehead atoms. The molecular formula is C14H15FN2O. The number of halogens is 1. The van der Waals surface area contributed by atoms with Crippen molar-refractivity contribution in [3.8, 4) is 11.4 Å². The van der Waals surface area contributed by atoms with Crippen LogP contribution in [0.2, 0.25) is 0 Å². The zero-order chi connectivity index (χ0) is 13.1.